The van der Waals surface area contributed by atoms with Gasteiger partial charge in [0.2, 0.25) is 0 Å². The van der Waals surface area contributed by atoms with Gasteiger partial charge in [0.05, 0.1) is 5.69 Å². The minimum absolute atomic E-state index is 0.204. The molecule has 2 N–H and O–H groups in total. The maximum Gasteiger partial charge on any atom is 0.293 e. The summed E-state index contributed by atoms with van der Waals surface area (Å²) in [6.45, 7) is 3.49. The number of thiazole rings is 1. The number of amides is 2. The zero-order valence-corrected chi connectivity index (χ0v) is 13.9. The molecule has 2 amide bonds. The summed E-state index contributed by atoms with van der Waals surface area (Å²) >= 11 is 1.12. The first kappa shape index (κ1) is 15.9. The number of carbonyl (C=O) groups is 2. The van der Waals surface area contributed by atoms with Crippen molar-refractivity contribution in [3.63, 3.8) is 0 Å². The molecule has 1 aromatic carbocycles. The summed E-state index contributed by atoms with van der Waals surface area (Å²) < 4.78 is 5.27. The predicted molar refractivity (Wildman–Crippen MR) is 92.6 cm³/mol. The molecular formula is C17H15N3O3S. The van der Waals surface area contributed by atoms with E-state index < -0.39 is 5.91 Å². The van der Waals surface area contributed by atoms with Gasteiger partial charge in [0.15, 0.2) is 10.9 Å². The van der Waals surface area contributed by atoms with Crippen molar-refractivity contribution in [1.29, 1.82) is 0 Å². The van der Waals surface area contributed by atoms with Crippen LogP contribution in [0.1, 0.15) is 31.7 Å². The van der Waals surface area contributed by atoms with E-state index in [1.54, 1.807) is 38.1 Å². The lowest BCUT2D eigenvalue weighted by Gasteiger charge is -2.02. The average molecular weight is 341 g/mol. The summed E-state index contributed by atoms with van der Waals surface area (Å²) in [4.78, 5) is 29.1. The summed E-state index contributed by atoms with van der Waals surface area (Å²) in [5.41, 5.74) is 1.26. The second-order valence-electron chi connectivity index (χ2n) is 5.12. The highest BCUT2D eigenvalue weighted by molar-refractivity contribution is 7.17. The number of rotatable bonds is 4. The van der Waals surface area contributed by atoms with Crippen molar-refractivity contribution in [3.8, 4) is 0 Å². The Morgan fingerprint density at radius 2 is 1.75 bits per heavy atom. The summed E-state index contributed by atoms with van der Waals surface area (Å²) in [7, 11) is 0. The highest BCUT2D eigenvalue weighted by atomic mass is 32.1. The van der Waals surface area contributed by atoms with Crippen LogP contribution >= 0.6 is 11.3 Å². The zero-order chi connectivity index (χ0) is 17.1. The molecule has 0 radical (unpaired) electrons. The minimum Gasteiger partial charge on any atom is -0.456 e. The third kappa shape index (κ3) is 3.52. The van der Waals surface area contributed by atoms with E-state index in [0.717, 1.165) is 11.3 Å². The van der Waals surface area contributed by atoms with Crippen molar-refractivity contribution >= 4 is 34.0 Å². The van der Waals surface area contributed by atoms with Gasteiger partial charge in [-0.2, -0.15) is 0 Å². The Kier molecular flexibility index (Phi) is 4.43. The third-order valence-corrected chi connectivity index (χ3v) is 4.29. The molecule has 0 bridgehead atoms. The monoisotopic (exact) mass is 341 g/mol. The van der Waals surface area contributed by atoms with Crippen LogP contribution in [0.5, 0.6) is 0 Å². The molecule has 0 saturated heterocycles. The van der Waals surface area contributed by atoms with Gasteiger partial charge in [-0.25, -0.2) is 4.98 Å². The molecule has 3 aromatic rings. The fourth-order valence-corrected chi connectivity index (χ4v) is 2.94. The van der Waals surface area contributed by atoms with Gasteiger partial charge in [0.25, 0.3) is 11.8 Å². The molecular weight excluding hydrogens is 326 g/mol. The Morgan fingerprint density at radius 1 is 1.00 bits per heavy atom. The van der Waals surface area contributed by atoms with Crippen molar-refractivity contribution in [2.24, 2.45) is 0 Å². The Labute approximate surface area is 142 Å². The van der Waals surface area contributed by atoms with E-state index in [2.05, 4.69) is 15.6 Å². The second kappa shape index (κ2) is 6.67. The fraction of sp³-hybridized carbons (Fsp3) is 0.118. The number of aromatic nitrogens is 1. The SMILES string of the molecule is Cc1ccc(C(=O)Nc2nc(C)c(C(=O)Nc3ccccc3)s2)o1. The third-order valence-electron chi connectivity index (χ3n) is 3.22. The van der Waals surface area contributed by atoms with E-state index in [9.17, 15) is 9.59 Å². The topological polar surface area (TPSA) is 84.2 Å². The smallest absolute Gasteiger partial charge is 0.293 e. The Balaban J connectivity index is 1.73. The Hall–Kier alpha value is -2.93. The molecule has 0 aliphatic carbocycles. The van der Waals surface area contributed by atoms with Gasteiger partial charge in [0.1, 0.15) is 10.6 Å². The van der Waals surface area contributed by atoms with Gasteiger partial charge in [0, 0.05) is 5.69 Å². The maximum atomic E-state index is 12.3. The summed E-state index contributed by atoms with van der Waals surface area (Å²) in [5.74, 6) is 0.200. The largest absolute Gasteiger partial charge is 0.456 e. The average Bonchev–Trinajstić information content (AvgIpc) is 3.14. The van der Waals surface area contributed by atoms with Crippen LogP contribution in [0.3, 0.4) is 0 Å². The molecule has 7 heteroatoms. The predicted octanol–water partition coefficient (Wildman–Crippen LogP) is 3.86. The molecule has 0 unspecified atom stereocenters. The number of carbonyl (C=O) groups excluding carboxylic acids is 2. The molecule has 122 valence electrons. The molecule has 0 fully saturated rings. The molecule has 0 saturated carbocycles. The van der Waals surface area contributed by atoms with E-state index in [1.807, 2.05) is 18.2 Å². The molecule has 0 aliphatic heterocycles. The van der Waals surface area contributed by atoms with Gasteiger partial charge >= 0.3 is 0 Å². The summed E-state index contributed by atoms with van der Waals surface area (Å²) in [6, 6.07) is 12.5. The highest BCUT2D eigenvalue weighted by Gasteiger charge is 2.18. The van der Waals surface area contributed by atoms with Crippen LogP contribution in [-0.2, 0) is 0 Å². The first-order valence-electron chi connectivity index (χ1n) is 7.24. The number of furan rings is 1. The van der Waals surface area contributed by atoms with Crippen molar-refractivity contribution in [3.05, 3.63) is 64.6 Å². The van der Waals surface area contributed by atoms with Crippen LogP contribution in [0.4, 0.5) is 10.8 Å². The standard InChI is InChI=1S/C17H15N3O3S/c1-10-8-9-13(23-10)15(21)20-17-18-11(2)14(24-17)16(22)19-12-6-4-3-5-7-12/h3-9H,1-2H3,(H,19,22)(H,18,20,21). The quantitative estimate of drug-likeness (QED) is 0.755. The van der Waals surface area contributed by atoms with E-state index in [-0.39, 0.29) is 11.7 Å². The number of hydrogen-bond donors (Lipinski definition) is 2. The normalized spacial score (nSPS) is 10.4. The number of nitrogens with one attached hydrogen (secondary N) is 2. The number of aryl methyl sites for hydroxylation is 2. The molecule has 2 aromatic heterocycles. The molecule has 6 nitrogen and oxygen atoms in total. The lowest BCUT2D eigenvalue weighted by molar-refractivity contribution is 0.0993. The van der Waals surface area contributed by atoms with E-state index in [0.29, 0.717) is 27.2 Å². The van der Waals surface area contributed by atoms with Crippen LogP contribution in [0, 0.1) is 13.8 Å². The Morgan fingerprint density at radius 3 is 2.42 bits per heavy atom. The van der Waals surface area contributed by atoms with Crippen LogP contribution in [0.15, 0.2) is 46.9 Å². The van der Waals surface area contributed by atoms with Crippen molar-refractivity contribution < 1.29 is 14.0 Å². The summed E-state index contributed by atoms with van der Waals surface area (Å²) in [5, 5.41) is 5.80. The summed E-state index contributed by atoms with van der Waals surface area (Å²) in [6.07, 6.45) is 0. The molecule has 0 aliphatic rings. The van der Waals surface area contributed by atoms with Gasteiger partial charge in [-0.15, -0.1) is 0 Å². The van der Waals surface area contributed by atoms with Crippen molar-refractivity contribution in [1.82, 2.24) is 4.98 Å². The van der Waals surface area contributed by atoms with Gasteiger partial charge < -0.3 is 9.73 Å². The van der Waals surface area contributed by atoms with Crippen LogP contribution < -0.4 is 10.6 Å². The van der Waals surface area contributed by atoms with Crippen LogP contribution in [0.25, 0.3) is 0 Å². The number of para-hydroxylation sites is 1. The van der Waals surface area contributed by atoms with Crippen LogP contribution in [0.2, 0.25) is 0 Å². The molecule has 0 atom stereocenters. The number of hydrogen-bond acceptors (Lipinski definition) is 5. The minimum atomic E-state index is -0.396. The first-order chi connectivity index (χ1) is 11.5. The molecule has 24 heavy (non-hydrogen) atoms. The first-order valence-corrected chi connectivity index (χ1v) is 8.06. The maximum absolute atomic E-state index is 12.3. The lowest BCUT2D eigenvalue weighted by atomic mass is 10.3. The highest BCUT2D eigenvalue weighted by Crippen LogP contribution is 2.24. The van der Waals surface area contributed by atoms with Gasteiger partial charge in [-0.05, 0) is 38.1 Å². The van der Waals surface area contributed by atoms with E-state index >= 15 is 0 Å². The van der Waals surface area contributed by atoms with Crippen molar-refractivity contribution in [2.45, 2.75) is 13.8 Å². The van der Waals surface area contributed by atoms with Gasteiger partial charge in [-0.1, -0.05) is 29.5 Å². The lowest BCUT2D eigenvalue weighted by Crippen LogP contribution is -2.11. The van der Waals surface area contributed by atoms with Crippen LogP contribution in [-0.4, -0.2) is 16.8 Å². The zero-order valence-electron chi connectivity index (χ0n) is 13.1. The van der Waals surface area contributed by atoms with E-state index in [1.165, 1.54) is 0 Å². The molecule has 2 heterocycles. The van der Waals surface area contributed by atoms with Gasteiger partial charge in [-0.3, -0.25) is 14.9 Å². The fourth-order valence-electron chi connectivity index (χ4n) is 2.09. The number of anilines is 2. The number of nitrogens with zero attached hydrogens (tertiary/aromatic N) is 1. The second-order valence-corrected chi connectivity index (χ2v) is 6.12. The number of benzene rings is 1. The molecule has 3 rings (SSSR count). The van der Waals surface area contributed by atoms with E-state index in [4.69, 9.17) is 4.42 Å². The Bertz CT molecular complexity index is 884. The van der Waals surface area contributed by atoms with Crippen molar-refractivity contribution in [2.75, 3.05) is 10.6 Å². The molecule has 0 spiro atoms.